The molecule has 0 amide bonds. The fourth-order valence-electron chi connectivity index (χ4n) is 1.98. The van der Waals surface area contributed by atoms with Crippen LogP contribution >= 0.6 is 11.8 Å². The zero-order valence-electron chi connectivity index (χ0n) is 10.0. The highest BCUT2D eigenvalue weighted by Crippen LogP contribution is 2.33. The summed E-state index contributed by atoms with van der Waals surface area (Å²) in [7, 11) is 0. The van der Waals surface area contributed by atoms with E-state index < -0.39 is 0 Å². The molecule has 1 aliphatic heterocycles. The Morgan fingerprint density at radius 3 is 3.12 bits per heavy atom. The largest absolute Gasteiger partial charge is 0.311 e. The first-order valence-electron chi connectivity index (χ1n) is 5.84. The van der Waals surface area contributed by atoms with Crippen LogP contribution in [0.4, 0.5) is 0 Å². The molecule has 0 aromatic carbocycles. The van der Waals surface area contributed by atoms with Gasteiger partial charge in [0.05, 0.1) is 12.7 Å². The minimum Gasteiger partial charge on any atom is -0.311 e. The molecule has 1 N–H and O–H groups in total. The Balaban J connectivity index is 1.76. The lowest BCUT2D eigenvalue weighted by molar-refractivity contribution is 0.243. The summed E-state index contributed by atoms with van der Waals surface area (Å²) < 4.78 is 1.87. The quantitative estimate of drug-likeness (QED) is 0.864. The minimum absolute atomic E-state index is 0.424. The summed E-state index contributed by atoms with van der Waals surface area (Å²) in [6.45, 7) is 6.59. The summed E-state index contributed by atoms with van der Waals surface area (Å²) in [6.07, 6.45) is 4.93. The first kappa shape index (κ1) is 11.9. The molecular formula is C11H20N4S. The topological polar surface area (TPSA) is 42.7 Å². The van der Waals surface area contributed by atoms with E-state index >= 15 is 0 Å². The van der Waals surface area contributed by atoms with Gasteiger partial charge in [0.15, 0.2) is 0 Å². The van der Waals surface area contributed by atoms with Gasteiger partial charge in [-0.3, -0.25) is 4.68 Å². The number of nitrogens with one attached hydrogen (secondary N) is 1. The zero-order chi connectivity index (χ0) is 11.4. The lowest BCUT2D eigenvalue weighted by Crippen LogP contribution is -2.47. The average molecular weight is 240 g/mol. The molecule has 4 nitrogen and oxygen atoms in total. The van der Waals surface area contributed by atoms with Gasteiger partial charge < -0.3 is 5.32 Å². The van der Waals surface area contributed by atoms with Crippen molar-refractivity contribution in [2.24, 2.45) is 5.41 Å². The molecule has 0 radical (unpaired) electrons. The summed E-state index contributed by atoms with van der Waals surface area (Å²) in [5, 5.41) is 11.4. The maximum Gasteiger partial charge on any atom is 0.0692 e. The number of hydrogen-bond acceptors (Lipinski definition) is 4. The van der Waals surface area contributed by atoms with Gasteiger partial charge in [-0.15, -0.1) is 5.10 Å². The van der Waals surface area contributed by atoms with Gasteiger partial charge in [-0.2, -0.15) is 11.8 Å². The molecule has 1 unspecified atom stereocenters. The lowest BCUT2D eigenvalue weighted by atomic mass is 9.82. The second-order valence-electron chi connectivity index (χ2n) is 4.99. The molecule has 0 aliphatic carbocycles. The third kappa shape index (κ3) is 2.98. The van der Waals surface area contributed by atoms with Crippen molar-refractivity contribution in [2.45, 2.75) is 32.9 Å². The Morgan fingerprint density at radius 2 is 2.44 bits per heavy atom. The van der Waals surface area contributed by atoms with Gasteiger partial charge in [0, 0.05) is 24.5 Å². The Bertz CT molecular complexity index is 310. The van der Waals surface area contributed by atoms with Gasteiger partial charge in [0.25, 0.3) is 0 Å². The standard InChI is InChI=1S/C11H20N4S/c1-11(2)3-8-16-9-10(11)12-4-6-15-7-5-13-14-15/h5,7,10,12H,3-4,6,8-9H2,1-2H3. The van der Waals surface area contributed by atoms with Crippen molar-refractivity contribution in [1.82, 2.24) is 20.3 Å². The third-order valence-corrected chi connectivity index (χ3v) is 4.38. The highest BCUT2D eigenvalue weighted by atomic mass is 32.2. The van der Waals surface area contributed by atoms with E-state index in [0.29, 0.717) is 11.5 Å². The van der Waals surface area contributed by atoms with Crippen LogP contribution in [0.1, 0.15) is 20.3 Å². The van der Waals surface area contributed by atoms with E-state index in [4.69, 9.17) is 0 Å². The van der Waals surface area contributed by atoms with Crippen LogP contribution in [0.5, 0.6) is 0 Å². The minimum atomic E-state index is 0.424. The van der Waals surface area contributed by atoms with Gasteiger partial charge >= 0.3 is 0 Å². The maximum atomic E-state index is 3.96. The van der Waals surface area contributed by atoms with Crippen LogP contribution in [-0.2, 0) is 6.54 Å². The fourth-order valence-corrected chi connectivity index (χ4v) is 3.62. The zero-order valence-corrected chi connectivity index (χ0v) is 10.8. The van der Waals surface area contributed by atoms with Crippen molar-refractivity contribution in [3.05, 3.63) is 12.4 Å². The van der Waals surface area contributed by atoms with Gasteiger partial charge in [0.2, 0.25) is 0 Å². The van der Waals surface area contributed by atoms with E-state index in [0.717, 1.165) is 13.1 Å². The number of nitrogens with zero attached hydrogens (tertiary/aromatic N) is 3. The smallest absolute Gasteiger partial charge is 0.0692 e. The first-order valence-corrected chi connectivity index (χ1v) is 6.99. The number of rotatable bonds is 4. The Morgan fingerprint density at radius 1 is 1.56 bits per heavy atom. The third-order valence-electron chi connectivity index (χ3n) is 3.32. The number of aromatic nitrogens is 3. The van der Waals surface area contributed by atoms with Crippen LogP contribution in [0.25, 0.3) is 0 Å². The summed E-state index contributed by atoms with van der Waals surface area (Å²) >= 11 is 2.06. The highest BCUT2D eigenvalue weighted by molar-refractivity contribution is 7.99. The molecule has 2 rings (SSSR count). The summed E-state index contributed by atoms with van der Waals surface area (Å²) in [6, 6.07) is 0.620. The fraction of sp³-hybridized carbons (Fsp3) is 0.818. The second kappa shape index (κ2) is 5.19. The molecule has 2 heterocycles. The highest BCUT2D eigenvalue weighted by Gasteiger charge is 2.31. The number of hydrogen-bond donors (Lipinski definition) is 1. The number of thioether (sulfide) groups is 1. The molecular weight excluding hydrogens is 220 g/mol. The Kier molecular flexibility index (Phi) is 3.86. The van der Waals surface area contributed by atoms with E-state index in [1.165, 1.54) is 17.9 Å². The van der Waals surface area contributed by atoms with Crippen molar-refractivity contribution in [3.8, 4) is 0 Å². The molecule has 0 saturated carbocycles. The van der Waals surface area contributed by atoms with Crippen LogP contribution < -0.4 is 5.32 Å². The Hall–Kier alpha value is -0.550. The van der Waals surface area contributed by atoms with Crippen molar-refractivity contribution < 1.29 is 0 Å². The molecule has 1 saturated heterocycles. The van der Waals surface area contributed by atoms with Crippen molar-refractivity contribution >= 4 is 11.8 Å². The summed E-state index contributed by atoms with van der Waals surface area (Å²) in [5.74, 6) is 2.53. The molecule has 90 valence electrons. The van der Waals surface area contributed by atoms with Gasteiger partial charge in [-0.1, -0.05) is 19.1 Å². The van der Waals surface area contributed by atoms with E-state index in [2.05, 4.69) is 41.2 Å². The molecule has 1 aliphatic rings. The molecule has 5 heteroatoms. The van der Waals surface area contributed by atoms with E-state index in [1.54, 1.807) is 6.20 Å². The van der Waals surface area contributed by atoms with Crippen LogP contribution in [0.15, 0.2) is 12.4 Å². The van der Waals surface area contributed by atoms with Crippen molar-refractivity contribution in [1.29, 1.82) is 0 Å². The van der Waals surface area contributed by atoms with E-state index in [1.807, 2.05) is 10.9 Å². The monoisotopic (exact) mass is 240 g/mol. The van der Waals surface area contributed by atoms with Crippen molar-refractivity contribution in [2.75, 3.05) is 18.1 Å². The molecule has 0 spiro atoms. The van der Waals surface area contributed by atoms with Gasteiger partial charge in [-0.25, -0.2) is 0 Å². The molecule has 1 atom stereocenters. The molecule has 1 fully saturated rings. The molecule has 1 aromatic rings. The summed E-state index contributed by atoms with van der Waals surface area (Å²) in [5.41, 5.74) is 0.424. The van der Waals surface area contributed by atoms with Gasteiger partial charge in [0.1, 0.15) is 0 Å². The SMILES string of the molecule is CC1(C)CCSCC1NCCn1ccnn1. The predicted molar refractivity (Wildman–Crippen MR) is 67.5 cm³/mol. The van der Waals surface area contributed by atoms with Crippen LogP contribution in [0.3, 0.4) is 0 Å². The van der Waals surface area contributed by atoms with Crippen molar-refractivity contribution in [3.63, 3.8) is 0 Å². The maximum absolute atomic E-state index is 3.96. The van der Waals surface area contributed by atoms with Gasteiger partial charge in [-0.05, 0) is 17.6 Å². The summed E-state index contributed by atoms with van der Waals surface area (Å²) in [4.78, 5) is 0. The first-order chi connectivity index (χ1) is 7.68. The van der Waals surface area contributed by atoms with Crippen LogP contribution in [0, 0.1) is 5.41 Å². The predicted octanol–water partition coefficient (Wildman–Crippen LogP) is 1.40. The lowest BCUT2D eigenvalue weighted by Gasteiger charge is -2.38. The Labute approximate surface area is 101 Å². The van der Waals surface area contributed by atoms with Crippen LogP contribution in [0.2, 0.25) is 0 Å². The normalized spacial score (nSPS) is 24.5. The van der Waals surface area contributed by atoms with Crippen LogP contribution in [-0.4, -0.2) is 39.1 Å². The van der Waals surface area contributed by atoms with E-state index in [9.17, 15) is 0 Å². The molecule has 1 aromatic heterocycles. The molecule has 0 bridgehead atoms. The molecule has 16 heavy (non-hydrogen) atoms. The average Bonchev–Trinajstić information content (AvgIpc) is 2.73. The van der Waals surface area contributed by atoms with E-state index in [-0.39, 0.29) is 0 Å². The second-order valence-corrected chi connectivity index (χ2v) is 6.14.